The fourth-order valence-corrected chi connectivity index (χ4v) is 2.20. The number of carbonyl (C=O) groups excluding carboxylic acids is 1. The van der Waals surface area contributed by atoms with Crippen molar-refractivity contribution in [2.24, 2.45) is 7.05 Å². The van der Waals surface area contributed by atoms with Gasteiger partial charge in [0, 0.05) is 37.8 Å². The summed E-state index contributed by atoms with van der Waals surface area (Å²) in [5, 5.41) is 2.99. The number of aromatic nitrogens is 2. The second-order valence-electron chi connectivity index (χ2n) is 5.12. The van der Waals surface area contributed by atoms with Crippen molar-refractivity contribution in [2.45, 2.75) is 25.7 Å². The molecule has 1 heterocycles. The zero-order valence-electron chi connectivity index (χ0n) is 12.0. The second kappa shape index (κ2) is 6.89. The first-order chi connectivity index (χ1) is 9.66. The third-order valence-electron chi connectivity index (χ3n) is 3.45. The lowest BCUT2D eigenvalue weighted by Crippen LogP contribution is -2.28. The Morgan fingerprint density at radius 2 is 2.10 bits per heavy atom. The minimum absolute atomic E-state index is 0.0999. The van der Waals surface area contributed by atoms with Crippen molar-refractivity contribution in [3.05, 3.63) is 54.1 Å². The van der Waals surface area contributed by atoms with E-state index in [0.717, 1.165) is 12.1 Å². The van der Waals surface area contributed by atoms with Gasteiger partial charge in [-0.15, -0.1) is 0 Å². The summed E-state index contributed by atoms with van der Waals surface area (Å²) in [6.07, 6.45) is 4.94. The van der Waals surface area contributed by atoms with Crippen LogP contribution >= 0.6 is 0 Å². The fourth-order valence-electron chi connectivity index (χ4n) is 2.20. The monoisotopic (exact) mass is 271 g/mol. The highest BCUT2D eigenvalue weighted by molar-refractivity contribution is 5.76. The molecule has 4 nitrogen and oxygen atoms in total. The number of rotatable bonds is 6. The molecule has 2 rings (SSSR count). The number of hydrogen-bond acceptors (Lipinski definition) is 2. The van der Waals surface area contributed by atoms with Gasteiger partial charge in [-0.1, -0.05) is 37.3 Å². The van der Waals surface area contributed by atoms with Crippen molar-refractivity contribution in [2.75, 3.05) is 6.54 Å². The number of amides is 1. The van der Waals surface area contributed by atoms with Gasteiger partial charge in [0.2, 0.25) is 5.91 Å². The van der Waals surface area contributed by atoms with Crippen LogP contribution in [0.4, 0.5) is 0 Å². The summed E-state index contributed by atoms with van der Waals surface area (Å²) in [5.74, 6) is 0.367. The van der Waals surface area contributed by atoms with Crippen molar-refractivity contribution >= 4 is 5.91 Å². The van der Waals surface area contributed by atoms with Crippen molar-refractivity contribution < 1.29 is 4.79 Å². The number of hydrogen-bond donors (Lipinski definition) is 1. The predicted molar refractivity (Wildman–Crippen MR) is 79.4 cm³/mol. The summed E-state index contributed by atoms with van der Waals surface area (Å²) < 4.78 is 1.99. The molecule has 1 aromatic heterocycles. The molecule has 0 unspecified atom stereocenters. The number of benzene rings is 1. The molecule has 0 aliphatic rings. The maximum Gasteiger partial charge on any atom is 0.220 e. The van der Waals surface area contributed by atoms with E-state index in [1.807, 2.05) is 48.1 Å². The number of carbonyl (C=O) groups is 1. The van der Waals surface area contributed by atoms with Gasteiger partial charge in [-0.2, -0.15) is 0 Å². The summed E-state index contributed by atoms with van der Waals surface area (Å²) in [6.45, 7) is 2.74. The molecule has 0 aliphatic heterocycles. The smallest absolute Gasteiger partial charge is 0.220 e. The normalized spacial score (nSPS) is 12.1. The molecule has 20 heavy (non-hydrogen) atoms. The Hall–Kier alpha value is -2.10. The highest BCUT2D eigenvalue weighted by Gasteiger charge is 2.10. The molecule has 106 valence electrons. The van der Waals surface area contributed by atoms with Crippen molar-refractivity contribution in [3.8, 4) is 0 Å². The maximum absolute atomic E-state index is 11.8. The lowest BCUT2D eigenvalue weighted by atomic mass is 10.1. The average Bonchev–Trinajstić information content (AvgIpc) is 2.90. The highest BCUT2D eigenvalue weighted by Crippen LogP contribution is 2.12. The van der Waals surface area contributed by atoms with E-state index in [1.54, 1.807) is 6.33 Å². The summed E-state index contributed by atoms with van der Waals surface area (Å²) in [4.78, 5) is 15.9. The first-order valence-electron chi connectivity index (χ1n) is 6.93. The minimum Gasteiger partial charge on any atom is -0.355 e. The van der Waals surface area contributed by atoms with Crippen LogP contribution in [-0.4, -0.2) is 22.0 Å². The molecule has 1 N–H and O–H groups in total. The quantitative estimate of drug-likeness (QED) is 0.876. The molecule has 0 fully saturated rings. The van der Waals surface area contributed by atoms with Gasteiger partial charge >= 0.3 is 0 Å². The van der Waals surface area contributed by atoms with E-state index in [2.05, 4.69) is 17.2 Å². The first kappa shape index (κ1) is 14.3. The lowest BCUT2D eigenvalue weighted by molar-refractivity contribution is -0.121. The van der Waals surface area contributed by atoms with E-state index in [1.165, 1.54) is 5.56 Å². The average molecular weight is 271 g/mol. The highest BCUT2D eigenvalue weighted by atomic mass is 16.1. The largest absolute Gasteiger partial charge is 0.355 e. The molecule has 0 spiro atoms. The maximum atomic E-state index is 11.8. The van der Waals surface area contributed by atoms with Crippen LogP contribution in [0.15, 0.2) is 42.9 Å². The standard InChI is InChI=1S/C16H21N3O/c1-13(15-11-17-12-19(15)2)10-18-16(20)9-8-14-6-4-3-5-7-14/h3-7,11-13H,8-10H2,1-2H3,(H,18,20)/t13-/m1/s1. The Kier molecular flexibility index (Phi) is 4.93. The van der Waals surface area contributed by atoms with Gasteiger partial charge in [-0.25, -0.2) is 4.98 Å². The molecule has 0 saturated heterocycles. The Bertz CT molecular complexity index is 548. The molecule has 2 aromatic rings. The van der Waals surface area contributed by atoms with Gasteiger partial charge in [0.05, 0.1) is 6.33 Å². The van der Waals surface area contributed by atoms with Crippen LogP contribution in [0, 0.1) is 0 Å². The molecule has 0 aliphatic carbocycles. The fraction of sp³-hybridized carbons (Fsp3) is 0.375. The lowest BCUT2D eigenvalue weighted by Gasteiger charge is -2.13. The number of aryl methyl sites for hydroxylation is 2. The van der Waals surface area contributed by atoms with Gasteiger partial charge < -0.3 is 9.88 Å². The van der Waals surface area contributed by atoms with E-state index in [-0.39, 0.29) is 11.8 Å². The molecule has 1 aromatic carbocycles. The van der Waals surface area contributed by atoms with E-state index in [9.17, 15) is 4.79 Å². The van der Waals surface area contributed by atoms with Crippen LogP contribution < -0.4 is 5.32 Å². The Labute approximate surface area is 119 Å². The van der Waals surface area contributed by atoms with E-state index in [0.29, 0.717) is 13.0 Å². The molecule has 0 saturated carbocycles. The number of nitrogens with zero attached hydrogens (tertiary/aromatic N) is 2. The molecule has 4 heteroatoms. The molecule has 0 bridgehead atoms. The SMILES string of the molecule is C[C@H](CNC(=O)CCc1ccccc1)c1cncn1C. The zero-order valence-corrected chi connectivity index (χ0v) is 12.0. The Morgan fingerprint density at radius 1 is 1.35 bits per heavy atom. The summed E-state index contributed by atoms with van der Waals surface area (Å²) in [6, 6.07) is 10.1. The van der Waals surface area contributed by atoms with Gasteiger partial charge in [-0.05, 0) is 12.0 Å². The second-order valence-corrected chi connectivity index (χ2v) is 5.12. The van der Waals surface area contributed by atoms with Crippen LogP contribution in [0.3, 0.4) is 0 Å². The van der Waals surface area contributed by atoms with Crippen LogP contribution in [0.25, 0.3) is 0 Å². The van der Waals surface area contributed by atoms with Gasteiger partial charge in [0.1, 0.15) is 0 Å². The van der Waals surface area contributed by atoms with Crippen molar-refractivity contribution in [1.29, 1.82) is 0 Å². The predicted octanol–water partition coefficient (Wildman–Crippen LogP) is 2.27. The van der Waals surface area contributed by atoms with Crippen LogP contribution in [0.5, 0.6) is 0 Å². The first-order valence-corrected chi connectivity index (χ1v) is 6.93. The molecular weight excluding hydrogens is 250 g/mol. The Morgan fingerprint density at radius 3 is 2.75 bits per heavy atom. The van der Waals surface area contributed by atoms with Crippen molar-refractivity contribution in [1.82, 2.24) is 14.9 Å². The van der Waals surface area contributed by atoms with Gasteiger partial charge in [-0.3, -0.25) is 4.79 Å². The molecular formula is C16H21N3O. The van der Waals surface area contributed by atoms with Gasteiger partial charge in [0.25, 0.3) is 0 Å². The van der Waals surface area contributed by atoms with E-state index >= 15 is 0 Å². The summed E-state index contributed by atoms with van der Waals surface area (Å²) in [7, 11) is 1.97. The third kappa shape index (κ3) is 3.95. The van der Waals surface area contributed by atoms with Crippen LogP contribution in [0.2, 0.25) is 0 Å². The third-order valence-corrected chi connectivity index (χ3v) is 3.45. The van der Waals surface area contributed by atoms with Gasteiger partial charge in [0.15, 0.2) is 0 Å². The van der Waals surface area contributed by atoms with E-state index < -0.39 is 0 Å². The zero-order chi connectivity index (χ0) is 14.4. The van der Waals surface area contributed by atoms with Crippen molar-refractivity contribution in [3.63, 3.8) is 0 Å². The van der Waals surface area contributed by atoms with E-state index in [4.69, 9.17) is 0 Å². The number of nitrogens with one attached hydrogen (secondary N) is 1. The van der Waals surface area contributed by atoms with Crippen LogP contribution in [0.1, 0.15) is 30.5 Å². The topological polar surface area (TPSA) is 46.9 Å². The summed E-state index contributed by atoms with van der Waals surface area (Å²) in [5.41, 5.74) is 2.33. The number of imidazole rings is 1. The molecule has 1 atom stereocenters. The Balaban J connectivity index is 1.74. The summed E-state index contributed by atoms with van der Waals surface area (Å²) >= 11 is 0. The molecule has 0 radical (unpaired) electrons. The minimum atomic E-state index is 0.0999. The van der Waals surface area contributed by atoms with Crippen LogP contribution in [-0.2, 0) is 18.3 Å². The molecule has 1 amide bonds.